The first-order valence-corrected chi connectivity index (χ1v) is 7.96. The number of benzene rings is 1. The van der Waals surface area contributed by atoms with Crippen LogP contribution < -0.4 is 0 Å². The molecule has 118 valence electrons. The molecular weight excluding hydrogens is 309 g/mol. The van der Waals surface area contributed by atoms with Crippen LogP contribution in [0.2, 0.25) is 0 Å². The molecule has 1 atom stereocenters. The van der Waals surface area contributed by atoms with E-state index in [0.717, 1.165) is 18.4 Å². The predicted octanol–water partition coefficient (Wildman–Crippen LogP) is 2.99. The normalized spacial score (nSPS) is 21.9. The molecule has 0 saturated carbocycles. The maximum absolute atomic E-state index is 12.8. The van der Waals surface area contributed by atoms with Crippen LogP contribution in [-0.4, -0.2) is 21.3 Å². The van der Waals surface area contributed by atoms with Gasteiger partial charge >= 0.3 is 6.18 Å². The molecule has 2 rings (SSSR count). The van der Waals surface area contributed by atoms with Gasteiger partial charge in [-0.3, -0.25) is 4.18 Å². The highest BCUT2D eigenvalue weighted by molar-refractivity contribution is 7.86. The lowest BCUT2D eigenvalue weighted by molar-refractivity contribution is -0.138. The molecular formula is C13H15F3O4S. The average molecular weight is 324 g/mol. The van der Waals surface area contributed by atoms with Crippen molar-refractivity contribution < 1.29 is 30.5 Å². The molecule has 21 heavy (non-hydrogen) atoms. The molecule has 0 saturated heterocycles. The van der Waals surface area contributed by atoms with E-state index in [-0.39, 0.29) is 12.2 Å². The van der Waals surface area contributed by atoms with Crippen LogP contribution in [0.5, 0.6) is 0 Å². The SMILES string of the molecule is CC1(C)OCC(OS(C)(=O)=O)c2ccc(C(F)(F)F)cc21. The van der Waals surface area contributed by atoms with Crippen LogP contribution in [0.15, 0.2) is 18.2 Å². The standard InChI is InChI=1S/C13H15F3O4S/c1-12(2)10-6-8(13(14,15)16)4-5-9(10)11(7-19-12)20-21(3,17)18/h4-6,11H,7H2,1-3H3. The van der Waals surface area contributed by atoms with Crippen molar-refractivity contribution in [3.63, 3.8) is 0 Å². The van der Waals surface area contributed by atoms with Crippen molar-refractivity contribution >= 4 is 10.1 Å². The van der Waals surface area contributed by atoms with Gasteiger partial charge in [-0.2, -0.15) is 21.6 Å². The molecule has 0 fully saturated rings. The van der Waals surface area contributed by atoms with Crippen LogP contribution in [0.1, 0.15) is 36.6 Å². The minimum absolute atomic E-state index is 0.0432. The Balaban J connectivity index is 2.52. The van der Waals surface area contributed by atoms with Gasteiger partial charge in [0.2, 0.25) is 0 Å². The Bertz CT molecular complexity index is 650. The summed E-state index contributed by atoms with van der Waals surface area (Å²) in [4.78, 5) is 0. The summed E-state index contributed by atoms with van der Waals surface area (Å²) in [6.45, 7) is 3.21. The Morgan fingerprint density at radius 3 is 2.48 bits per heavy atom. The van der Waals surface area contributed by atoms with Gasteiger partial charge in [0, 0.05) is 0 Å². The highest BCUT2D eigenvalue weighted by atomic mass is 32.2. The average Bonchev–Trinajstić information content (AvgIpc) is 2.30. The molecule has 0 spiro atoms. The van der Waals surface area contributed by atoms with Crippen LogP contribution >= 0.6 is 0 Å². The Hall–Kier alpha value is -1.12. The molecule has 0 aliphatic carbocycles. The second kappa shape index (κ2) is 4.96. The van der Waals surface area contributed by atoms with E-state index in [1.165, 1.54) is 6.07 Å². The van der Waals surface area contributed by atoms with Crippen molar-refractivity contribution in [3.05, 3.63) is 34.9 Å². The van der Waals surface area contributed by atoms with E-state index in [9.17, 15) is 21.6 Å². The van der Waals surface area contributed by atoms with Gasteiger partial charge in [0.1, 0.15) is 6.10 Å². The fourth-order valence-electron chi connectivity index (χ4n) is 2.28. The summed E-state index contributed by atoms with van der Waals surface area (Å²) < 4.78 is 71.3. The van der Waals surface area contributed by atoms with E-state index in [4.69, 9.17) is 8.92 Å². The summed E-state index contributed by atoms with van der Waals surface area (Å²) in [5.41, 5.74) is -1.09. The summed E-state index contributed by atoms with van der Waals surface area (Å²) in [5.74, 6) is 0. The number of hydrogen-bond acceptors (Lipinski definition) is 4. The summed E-state index contributed by atoms with van der Waals surface area (Å²) in [7, 11) is -3.74. The summed E-state index contributed by atoms with van der Waals surface area (Å²) in [5, 5.41) is 0. The van der Waals surface area contributed by atoms with Crippen LogP contribution in [0.3, 0.4) is 0 Å². The number of fused-ring (bicyclic) bond motifs is 1. The molecule has 1 unspecified atom stereocenters. The number of rotatable bonds is 2. The van der Waals surface area contributed by atoms with Crippen molar-refractivity contribution in [2.45, 2.75) is 31.7 Å². The predicted molar refractivity (Wildman–Crippen MR) is 69.1 cm³/mol. The molecule has 1 aliphatic heterocycles. The monoisotopic (exact) mass is 324 g/mol. The van der Waals surface area contributed by atoms with Crippen LogP contribution in [-0.2, 0) is 30.8 Å². The third-order valence-corrected chi connectivity index (χ3v) is 3.84. The van der Waals surface area contributed by atoms with Gasteiger partial charge in [-0.25, -0.2) is 0 Å². The first-order chi connectivity index (χ1) is 9.40. The lowest BCUT2D eigenvalue weighted by Gasteiger charge is -2.37. The third-order valence-electron chi connectivity index (χ3n) is 3.26. The number of hydrogen-bond donors (Lipinski definition) is 0. The van der Waals surface area contributed by atoms with E-state index < -0.39 is 33.6 Å². The van der Waals surface area contributed by atoms with E-state index in [1.54, 1.807) is 13.8 Å². The Morgan fingerprint density at radius 2 is 1.95 bits per heavy atom. The molecule has 0 N–H and O–H groups in total. The largest absolute Gasteiger partial charge is 0.416 e. The Kier molecular flexibility index (Phi) is 3.84. The van der Waals surface area contributed by atoms with Crippen molar-refractivity contribution in [1.82, 2.24) is 0 Å². The van der Waals surface area contributed by atoms with Crippen LogP contribution in [0, 0.1) is 0 Å². The van der Waals surface area contributed by atoms with Crippen molar-refractivity contribution in [3.8, 4) is 0 Å². The maximum Gasteiger partial charge on any atom is 0.416 e. The number of alkyl halides is 3. The number of halogens is 3. The Labute approximate surface area is 121 Å². The molecule has 0 bridgehead atoms. The zero-order valence-corrected chi connectivity index (χ0v) is 12.5. The Morgan fingerprint density at radius 1 is 1.33 bits per heavy atom. The zero-order chi connectivity index (χ0) is 16.1. The smallest absolute Gasteiger partial charge is 0.368 e. The van der Waals surface area contributed by atoms with Gasteiger partial charge in [-0.15, -0.1) is 0 Å². The minimum atomic E-state index is -4.48. The van der Waals surface area contributed by atoms with Gasteiger partial charge in [0.05, 0.1) is 24.0 Å². The highest BCUT2D eigenvalue weighted by Gasteiger charge is 2.39. The second-order valence-electron chi connectivity index (χ2n) is 5.41. The summed E-state index contributed by atoms with van der Waals surface area (Å²) in [6, 6.07) is 3.14. The molecule has 1 aliphatic rings. The molecule has 1 aromatic carbocycles. The van der Waals surface area contributed by atoms with E-state index in [0.29, 0.717) is 5.56 Å². The van der Waals surface area contributed by atoms with Crippen molar-refractivity contribution in [1.29, 1.82) is 0 Å². The molecule has 1 aromatic rings. The maximum atomic E-state index is 12.8. The highest BCUT2D eigenvalue weighted by Crippen LogP contribution is 2.41. The fraction of sp³-hybridized carbons (Fsp3) is 0.538. The quantitative estimate of drug-likeness (QED) is 0.785. The molecule has 4 nitrogen and oxygen atoms in total. The lowest BCUT2D eigenvalue weighted by atomic mass is 9.86. The minimum Gasteiger partial charge on any atom is -0.368 e. The van der Waals surface area contributed by atoms with Crippen molar-refractivity contribution in [2.24, 2.45) is 0 Å². The molecule has 0 amide bonds. The van der Waals surface area contributed by atoms with E-state index in [2.05, 4.69) is 0 Å². The van der Waals surface area contributed by atoms with Crippen LogP contribution in [0.25, 0.3) is 0 Å². The molecule has 0 radical (unpaired) electrons. The van der Waals surface area contributed by atoms with Gasteiger partial charge in [-0.05, 0) is 37.1 Å². The molecule has 1 heterocycles. The summed E-state index contributed by atoms with van der Waals surface area (Å²) >= 11 is 0. The van der Waals surface area contributed by atoms with Crippen molar-refractivity contribution in [2.75, 3.05) is 12.9 Å². The topological polar surface area (TPSA) is 52.6 Å². The number of ether oxygens (including phenoxy) is 1. The van der Waals surface area contributed by atoms with Gasteiger partial charge in [0.15, 0.2) is 0 Å². The fourth-order valence-corrected chi connectivity index (χ4v) is 2.86. The zero-order valence-electron chi connectivity index (χ0n) is 11.7. The van der Waals surface area contributed by atoms with Gasteiger partial charge in [0.25, 0.3) is 10.1 Å². The van der Waals surface area contributed by atoms with E-state index in [1.807, 2.05) is 0 Å². The van der Waals surface area contributed by atoms with Crippen LogP contribution in [0.4, 0.5) is 13.2 Å². The van der Waals surface area contributed by atoms with E-state index >= 15 is 0 Å². The summed E-state index contributed by atoms with van der Waals surface area (Å²) in [6.07, 6.45) is -4.53. The second-order valence-corrected chi connectivity index (χ2v) is 7.01. The molecule has 8 heteroatoms. The first kappa shape index (κ1) is 16.3. The third kappa shape index (κ3) is 3.56. The van der Waals surface area contributed by atoms with Gasteiger partial charge in [-0.1, -0.05) is 6.07 Å². The lowest BCUT2D eigenvalue weighted by Crippen LogP contribution is -2.34. The molecule has 0 aromatic heterocycles. The first-order valence-electron chi connectivity index (χ1n) is 6.14. The van der Waals surface area contributed by atoms with Gasteiger partial charge < -0.3 is 4.74 Å².